The molecule has 3 atom stereocenters. The second-order valence-electron chi connectivity index (χ2n) is 5.20. The molecule has 1 N–H and O–H groups in total. The van der Waals surface area contributed by atoms with Crippen LogP contribution in [0.4, 0.5) is 15.8 Å². The predicted octanol–water partition coefficient (Wildman–Crippen LogP) is 3.33. The van der Waals surface area contributed by atoms with Crippen LogP contribution in [0.5, 0.6) is 0 Å². The Kier molecular flexibility index (Phi) is 2.69. The standard InChI is InChI=1S/C13H15FN2O2/c14-11-7-8(16(17)18)5-6-12(11)15-13-9-3-1-2-4-10(9)13/h5-7,9-10,13,15H,1-4H2/t9-,10+,13?. The maximum absolute atomic E-state index is 13.7. The van der Waals surface area contributed by atoms with Crippen LogP contribution in [0.3, 0.4) is 0 Å². The fourth-order valence-corrected chi connectivity index (χ4v) is 3.12. The first-order valence-corrected chi connectivity index (χ1v) is 6.37. The molecule has 4 nitrogen and oxygen atoms in total. The summed E-state index contributed by atoms with van der Waals surface area (Å²) in [4.78, 5) is 9.94. The van der Waals surface area contributed by atoms with Gasteiger partial charge in [0.05, 0.1) is 16.7 Å². The minimum Gasteiger partial charge on any atom is -0.379 e. The zero-order chi connectivity index (χ0) is 12.7. The number of hydrogen-bond donors (Lipinski definition) is 1. The van der Waals surface area contributed by atoms with E-state index >= 15 is 0 Å². The highest BCUT2D eigenvalue weighted by Gasteiger charge is 2.50. The van der Waals surface area contributed by atoms with Crippen LogP contribution in [0.25, 0.3) is 0 Å². The normalized spacial score (nSPS) is 29.5. The number of fused-ring (bicyclic) bond motifs is 1. The quantitative estimate of drug-likeness (QED) is 0.661. The molecule has 2 fully saturated rings. The van der Waals surface area contributed by atoms with E-state index in [4.69, 9.17) is 0 Å². The summed E-state index contributed by atoms with van der Waals surface area (Å²) in [7, 11) is 0. The third-order valence-corrected chi connectivity index (χ3v) is 4.14. The van der Waals surface area contributed by atoms with Crippen molar-refractivity contribution < 1.29 is 9.31 Å². The molecule has 0 spiro atoms. The molecule has 2 aliphatic carbocycles. The van der Waals surface area contributed by atoms with Gasteiger partial charge in [-0.15, -0.1) is 0 Å². The molecule has 0 bridgehead atoms. The molecule has 5 heteroatoms. The number of non-ortho nitro benzene ring substituents is 1. The van der Waals surface area contributed by atoms with E-state index in [1.54, 1.807) is 0 Å². The lowest BCUT2D eigenvalue weighted by Crippen LogP contribution is -2.07. The van der Waals surface area contributed by atoms with E-state index in [-0.39, 0.29) is 5.69 Å². The Labute approximate surface area is 104 Å². The summed E-state index contributed by atoms with van der Waals surface area (Å²) >= 11 is 0. The molecule has 2 aliphatic rings. The molecule has 1 unspecified atom stereocenters. The highest BCUT2D eigenvalue weighted by atomic mass is 19.1. The smallest absolute Gasteiger partial charge is 0.272 e. The summed E-state index contributed by atoms with van der Waals surface area (Å²) in [5.74, 6) is 0.814. The Morgan fingerprint density at radius 1 is 1.28 bits per heavy atom. The number of halogens is 1. The van der Waals surface area contributed by atoms with Crippen molar-refractivity contribution in [1.82, 2.24) is 0 Å². The molecule has 0 heterocycles. The number of nitrogens with one attached hydrogen (secondary N) is 1. The van der Waals surface area contributed by atoms with E-state index < -0.39 is 10.7 Å². The van der Waals surface area contributed by atoms with Gasteiger partial charge in [0.15, 0.2) is 5.82 Å². The predicted molar refractivity (Wildman–Crippen MR) is 65.9 cm³/mol. The van der Waals surface area contributed by atoms with E-state index in [2.05, 4.69) is 5.32 Å². The summed E-state index contributed by atoms with van der Waals surface area (Å²) in [6.45, 7) is 0. The second kappa shape index (κ2) is 4.23. The summed E-state index contributed by atoms with van der Waals surface area (Å²) in [6.07, 6.45) is 4.97. The zero-order valence-electron chi connectivity index (χ0n) is 9.93. The minimum absolute atomic E-state index is 0.203. The molecule has 1 aromatic rings. The van der Waals surface area contributed by atoms with Crippen molar-refractivity contribution in [3.63, 3.8) is 0 Å². The zero-order valence-corrected chi connectivity index (χ0v) is 9.93. The van der Waals surface area contributed by atoms with Crippen molar-refractivity contribution >= 4 is 11.4 Å². The SMILES string of the molecule is O=[N+]([O-])c1ccc(NC2[C@H]3CCCC[C@@H]23)c(F)c1. The molecule has 0 amide bonds. The third kappa shape index (κ3) is 1.94. The molecule has 0 radical (unpaired) electrons. The summed E-state index contributed by atoms with van der Waals surface area (Å²) in [6, 6.07) is 4.16. The fourth-order valence-electron chi connectivity index (χ4n) is 3.12. The molecule has 2 saturated carbocycles. The Morgan fingerprint density at radius 2 is 1.94 bits per heavy atom. The first kappa shape index (κ1) is 11.4. The maximum atomic E-state index is 13.7. The van der Waals surface area contributed by atoms with Gasteiger partial charge >= 0.3 is 0 Å². The van der Waals surface area contributed by atoms with Gasteiger partial charge in [0.2, 0.25) is 0 Å². The third-order valence-electron chi connectivity index (χ3n) is 4.14. The van der Waals surface area contributed by atoms with Crippen LogP contribution in [0.2, 0.25) is 0 Å². The van der Waals surface area contributed by atoms with E-state index in [1.165, 1.54) is 37.8 Å². The van der Waals surface area contributed by atoms with E-state index in [9.17, 15) is 14.5 Å². The summed E-state index contributed by atoms with van der Waals surface area (Å²) < 4.78 is 13.7. The number of nitrogens with zero attached hydrogens (tertiary/aromatic N) is 1. The number of hydrogen-bond acceptors (Lipinski definition) is 3. The van der Waals surface area contributed by atoms with Crippen molar-refractivity contribution in [1.29, 1.82) is 0 Å². The van der Waals surface area contributed by atoms with Crippen molar-refractivity contribution in [3.8, 4) is 0 Å². The first-order chi connectivity index (χ1) is 8.66. The molecular weight excluding hydrogens is 235 g/mol. The van der Waals surface area contributed by atoms with E-state index in [0.717, 1.165) is 6.07 Å². The van der Waals surface area contributed by atoms with Gasteiger partial charge in [-0.05, 0) is 30.7 Å². The fraction of sp³-hybridized carbons (Fsp3) is 0.538. The Bertz CT molecular complexity index is 480. The lowest BCUT2D eigenvalue weighted by molar-refractivity contribution is -0.385. The van der Waals surface area contributed by atoms with Gasteiger partial charge in [-0.3, -0.25) is 10.1 Å². The Hall–Kier alpha value is -1.65. The van der Waals surface area contributed by atoms with Gasteiger partial charge in [0.1, 0.15) is 0 Å². The monoisotopic (exact) mass is 250 g/mol. The highest BCUT2D eigenvalue weighted by Crippen LogP contribution is 2.51. The molecule has 3 rings (SSSR count). The van der Waals surface area contributed by atoms with Crippen LogP contribution < -0.4 is 5.32 Å². The summed E-state index contributed by atoms with van der Waals surface area (Å²) in [5.41, 5.74) is 0.186. The Morgan fingerprint density at radius 3 is 2.50 bits per heavy atom. The molecule has 18 heavy (non-hydrogen) atoms. The van der Waals surface area contributed by atoms with Gasteiger partial charge in [-0.25, -0.2) is 4.39 Å². The topological polar surface area (TPSA) is 55.2 Å². The minimum atomic E-state index is -0.580. The van der Waals surface area contributed by atoms with Crippen LogP contribution in [-0.2, 0) is 0 Å². The van der Waals surface area contributed by atoms with Crippen molar-refractivity contribution in [3.05, 3.63) is 34.1 Å². The molecule has 0 aliphatic heterocycles. The molecule has 0 saturated heterocycles. The van der Waals surface area contributed by atoms with Gasteiger partial charge < -0.3 is 5.32 Å². The number of benzene rings is 1. The molecular formula is C13H15FN2O2. The van der Waals surface area contributed by atoms with Crippen LogP contribution in [0.15, 0.2) is 18.2 Å². The maximum Gasteiger partial charge on any atom is 0.272 e. The van der Waals surface area contributed by atoms with E-state index in [1.807, 2.05) is 0 Å². The van der Waals surface area contributed by atoms with Crippen molar-refractivity contribution in [2.45, 2.75) is 31.7 Å². The Balaban J connectivity index is 1.72. The average molecular weight is 250 g/mol. The second-order valence-corrected chi connectivity index (χ2v) is 5.20. The van der Waals surface area contributed by atoms with Gasteiger partial charge in [-0.2, -0.15) is 0 Å². The molecule has 96 valence electrons. The summed E-state index contributed by atoms with van der Waals surface area (Å²) in [5, 5.41) is 13.7. The van der Waals surface area contributed by atoms with Crippen LogP contribution >= 0.6 is 0 Å². The number of nitro groups is 1. The number of rotatable bonds is 3. The van der Waals surface area contributed by atoms with Crippen molar-refractivity contribution in [2.75, 3.05) is 5.32 Å². The van der Waals surface area contributed by atoms with Gasteiger partial charge in [0.25, 0.3) is 5.69 Å². The van der Waals surface area contributed by atoms with Gasteiger partial charge in [0, 0.05) is 12.1 Å². The number of anilines is 1. The molecule has 1 aromatic carbocycles. The highest BCUT2D eigenvalue weighted by molar-refractivity contribution is 5.52. The number of nitro benzene ring substituents is 1. The van der Waals surface area contributed by atoms with Crippen LogP contribution in [0.1, 0.15) is 25.7 Å². The lowest BCUT2D eigenvalue weighted by Gasteiger charge is -2.06. The van der Waals surface area contributed by atoms with Crippen molar-refractivity contribution in [2.24, 2.45) is 11.8 Å². The molecule has 0 aromatic heterocycles. The largest absolute Gasteiger partial charge is 0.379 e. The van der Waals surface area contributed by atoms with Gasteiger partial charge in [-0.1, -0.05) is 12.8 Å². The first-order valence-electron chi connectivity index (χ1n) is 6.37. The van der Waals surface area contributed by atoms with Crippen LogP contribution in [0, 0.1) is 27.8 Å². The van der Waals surface area contributed by atoms with Crippen LogP contribution in [-0.4, -0.2) is 11.0 Å². The average Bonchev–Trinajstić information content (AvgIpc) is 3.05. The lowest BCUT2D eigenvalue weighted by atomic mass is 10.0. The van der Waals surface area contributed by atoms with E-state index in [0.29, 0.717) is 23.6 Å².